The predicted octanol–water partition coefficient (Wildman–Crippen LogP) is 3.47. The number of thiophene rings is 1. The smallest absolute Gasteiger partial charge is 0.263 e. The second-order valence-corrected chi connectivity index (χ2v) is 11.1. The standard InChI is InChI=1S/C24H21N3O4S2/c1-15-6-8-16(9-7-15)18-13-32-23-22(18)24(29)27(14-25-23)12-21(28)26-19-10-11-33(30,31)20-5-3-2-4-17(19)20/h2-9,13-14,19H,10-12H2,1H3,(H,26,28). The van der Waals surface area contributed by atoms with Crippen LogP contribution in [0, 0.1) is 6.92 Å². The normalized spacial score (nSPS) is 16.9. The van der Waals surface area contributed by atoms with Gasteiger partial charge in [-0.15, -0.1) is 11.3 Å². The Balaban J connectivity index is 1.42. The molecule has 1 aliphatic rings. The van der Waals surface area contributed by atoms with Crippen molar-refractivity contribution < 1.29 is 13.2 Å². The van der Waals surface area contributed by atoms with Crippen LogP contribution in [0.25, 0.3) is 21.3 Å². The van der Waals surface area contributed by atoms with Crippen molar-refractivity contribution in [3.8, 4) is 11.1 Å². The summed E-state index contributed by atoms with van der Waals surface area (Å²) in [6, 6.07) is 14.2. The largest absolute Gasteiger partial charge is 0.348 e. The number of aryl methyl sites for hydroxylation is 1. The summed E-state index contributed by atoms with van der Waals surface area (Å²) < 4.78 is 26.0. The average molecular weight is 480 g/mol. The number of carbonyl (C=O) groups is 1. The van der Waals surface area contributed by atoms with Gasteiger partial charge >= 0.3 is 0 Å². The molecule has 4 aromatic rings. The number of fused-ring (bicyclic) bond motifs is 2. The molecule has 1 atom stereocenters. The molecule has 1 N–H and O–H groups in total. The van der Waals surface area contributed by atoms with Crippen LogP contribution in [-0.2, 0) is 21.2 Å². The quantitative estimate of drug-likeness (QED) is 0.483. The first kappa shape index (κ1) is 21.5. The third-order valence-corrected chi connectivity index (χ3v) is 8.58. The fourth-order valence-electron chi connectivity index (χ4n) is 4.16. The van der Waals surface area contributed by atoms with Crippen molar-refractivity contribution in [2.75, 3.05) is 5.75 Å². The Morgan fingerprint density at radius 1 is 1.18 bits per heavy atom. The van der Waals surface area contributed by atoms with Gasteiger partial charge in [0, 0.05) is 10.9 Å². The third kappa shape index (κ3) is 3.98. The Bertz CT molecular complexity index is 1540. The molecule has 2 aromatic carbocycles. The summed E-state index contributed by atoms with van der Waals surface area (Å²) in [6.07, 6.45) is 1.68. The van der Waals surface area contributed by atoms with Crippen molar-refractivity contribution in [1.29, 1.82) is 0 Å². The summed E-state index contributed by atoms with van der Waals surface area (Å²) in [4.78, 5) is 31.3. The number of sulfone groups is 1. The lowest BCUT2D eigenvalue weighted by atomic mass is 10.0. The summed E-state index contributed by atoms with van der Waals surface area (Å²) in [7, 11) is -3.34. The third-order valence-electron chi connectivity index (χ3n) is 5.88. The molecule has 5 rings (SSSR count). The molecular formula is C24H21N3O4S2. The molecule has 33 heavy (non-hydrogen) atoms. The summed E-state index contributed by atoms with van der Waals surface area (Å²) in [6.45, 7) is 1.80. The lowest BCUT2D eigenvalue weighted by Crippen LogP contribution is -2.37. The molecule has 1 aliphatic heterocycles. The van der Waals surface area contributed by atoms with E-state index in [0.29, 0.717) is 22.2 Å². The fourth-order valence-corrected chi connectivity index (χ4v) is 6.69. The van der Waals surface area contributed by atoms with Crippen molar-refractivity contribution in [3.05, 3.63) is 81.7 Å². The minimum absolute atomic E-state index is 0.0305. The van der Waals surface area contributed by atoms with Crippen molar-refractivity contribution >= 4 is 37.3 Å². The van der Waals surface area contributed by atoms with E-state index < -0.39 is 15.9 Å². The Hall–Kier alpha value is -3.30. The highest BCUT2D eigenvalue weighted by molar-refractivity contribution is 7.91. The molecule has 0 saturated heterocycles. The average Bonchev–Trinajstić information content (AvgIpc) is 3.23. The Labute approximate surface area is 194 Å². The molecule has 0 fully saturated rings. The molecule has 2 aromatic heterocycles. The number of carbonyl (C=O) groups excluding carboxylic acids is 1. The van der Waals surface area contributed by atoms with Crippen LogP contribution < -0.4 is 10.9 Å². The molecular weight excluding hydrogens is 458 g/mol. The molecule has 0 spiro atoms. The molecule has 0 aliphatic carbocycles. The number of hydrogen-bond donors (Lipinski definition) is 1. The number of nitrogens with zero attached hydrogens (tertiary/aromatic N) is 2. The molecule has 1 amide bonds. The van der Waals surface area contributed by atoms with Crippen molar-refractivity contribution in [3.63, 3.8) is 0 Å². The van der Waals surface area contributed by atoms with E-state index in [0.717, 1.165) is 16.7 Å². The molecule has 3 heterocycles. The second kappa shape index (κ2) is 8.24. The maximum absolute atomic E-state index is 13.2. The van der Waals surface area contributed by atoms with Crippen molar-refractivity contribution in [1.82, 2.24) is 14.9 Å². The summed E-state index contributed by atoms with van der Waals surface area (Å²) >= 11 is 1.39. The molecule has 9 heteroatoms. The summed E-state index contributed by atoms with van der Waals surface area (Å²) in [5, 5.41) is 5.30. The monoisotopic (exact) mass is 479 g/mol. The van der Waals surface area contributed by atoms with Gasteiger partial charge in [0.25, 0.3) is 5.56 Å². The summed E-state index contributed by atoms with van der Waals surface area (Å²) in [5.41, 5.74) is 3.15. The maximum Gasteiger partial charge on any atom is 0.263 e. The Morgan fingerprint density at radius 2 is 1.94 bits per heavy atom. The topological polar surface area (TPSA) is 98.1 Å². The minimum atomic E-state index is -3.34. The first-order valence-corrected chi connectivity index (χ1v) is 13.0. The van der Waals surface area contributed by atoms with Gasteiger partial charge in [-0.1, -0.05) is 48.0 Å². The van der Waals surface area contributed by atoms with E-state index in [1.165, 1.54) is 22.2 Å². The molecule has 7 nitrogen and oxygen atoms in total. The van der Waals surface area contributed by atoms with Crippen LogP contribution in [0.1, 0.15) is 23.6 Å². The Kier molecular flexibility index (Phi) is 5.38. The predicted molar refractivity (Wildman–Crippen MR) is 128 cm³/mol. The zero-order valence-electron chi connectivity index (χ0n) is 17.8. The van der Waals surface area contributed by atoms with Gasteiger partial charge in [0.15, 0.2) is 9.84 Å². The van der Waals surface area contributed by atoms with Gasteiger partial charge in [-0.25, -0.2) is 13.4 Å². The van der Waals surface area contributed by atoms with Crippen LogP contribution in [0.5, 0.6) is 0 Å². The van der Waals surface area contributed by atoms with Gasteiger partial charge in [-0.05, 0) is 30.5 Å². The van der Waals surface area contributed by atoms with Gasteiger partial charge in [-0.3, -0.25) is 14.2 Å². The van der Waals surface area contributed by atoms with Gasteiger partial charge in [-0.2, -0.15) is 0 Å². The molecule has 0 radical (unpaired) electrons. The van der Waals surface area contributed by atoms with E-state index in [-0.39, 0.29) is 28.7 Å². The van der Waals surface area contributed by atoms with Crippen LogP contribution in [0.3, 0.4) is 0 Å². The number of benzene rings is 2. The molecule has 0 bridgehead atoms. The van der Waals surface area contributed by atoms with E-state index in [9.17, 15) is 18.0 Å². The zero-order chi connectivity index (χ0) is 23.2. The van der Waals surface area contributed by atoms with Gasteiger partial charge in [0.1, 0.15) is 11.4 Å². The molecule has 0 saturated carbocycles. The second-order valence-electron chi connectivity index (χ2n) is 8.14. The maximum atomic E-state index is 13.2. The summed E-state index contributed by atoms with van der Waals surface area (Å²) in [5.74, 6) is -0.401. The highest BCUT2D eigenvalue weighted by atomic mass is 32.2. The van der Waals surface area contributed by atoms with E-state index in [2.05, 4.69) is 10.3 Å². The highest BCUT2D eigenvalue weighted by Crippen LogP contribution is 2.32. The zero-order valence-corrected chi connectivity index (χ0v) is 19.4. The Morgan fingerprint density at radius 3 is 2.73 bits per heavy atom. The van der Waals surface area contributed by atoms with Crippen LogP contribution >= 0.6 is 11.3 Å². The van der Waals surface area contributed by atoms with Gasteiger partial charge in [0.05, 0.1) is 28.4 Å². The lowest BCUT2D eigenvalue weighted by molar-refractivity contribution is -0.122. The first-order chi connectivity index (χ1) is 15.8. The van der Waals surface area contributed by atoms with E-state index in [4.69, 9.17) is 0 Å². The molecule has 1 unspecified atom stereocenters. The fraction of sp³-hybridized carbons (Fsp3) is 0.208. The number of aromatic nitrogens is 2. The van der Waals surface area contributed by atoms with Crippen molar-refractivity contribution in [2.24, 2.45) is 0 Å². The van der Waals surface area contributed by atoms with E-state index >= 15 is 0 Å². The van der Waals surface area contributed by atoms with E-state index in [1.807, 2.05) is 36.6 Å². The first-order valence-electron chi connectivity index (χ1n) is 10.5. The number of hydrogen-bond acceptors (Lipinski definition) is 6. The van der Waals surface area contributed by atoms with Crippen LogP contribution in [0.2, 0.25) is 0 Å². The number of nitrogens with one attached hydrogen (secondary N) is 1. The number of amides is 1. The molecule has 168 valence electrons. The SMILES string of the molecule is Cc1ccc(-c2csc3ncn(CC(=O)NC4CCS(=O)(=O)c5ccccc54)c(=O)c23)cc1. The van der Waals surface area contributed by atoms with Crippen LogP contribution in [0.15, 0.2) is 69.9 Å². The van der Waals surface area contributed by atoms with Gasteiger partial charge < -0.3 is 5.32 Å². The lowest BCUT2D eigenvalue weighted by Gasteiger charge is -2.26. The minimum Gasteiger partial charge on any atom is -0.348 e. The number of rotatable bonds is 4. The van der Waals surface area contributed by atoms with E-state index in [1.54, 1.807) is 24.3 Å². The van der Waals surface area contributed by atoms with Gasteiger partial charge in [0.2, 0.25) is 5.91 Å². The van der Waals surface area contributed by atoms with Crippen molar-refractivity contribution in [2.45, 2.75) is 30.8 Å². The van der Waals surface area contributed by atoms with Crippen LogP contribution in [0.4, 0.5) is 0 Å². The highest BCUT2D eigenvalue weighted by Gasteiger charge is 2.30. The van der Waals surface area contributed by atoms with Crippen LogP contribution in [-0.4, -0.2) is 29.6 Å².